The van der Waals surface area contributed by atoms with Gasteiger partial charge in [0.25, 0.3) is 0 Å². The Bertz CT molecular complexity index is 2450. The number of hydrogen-bond acceptors (Lipinski definition) is 5. The Labute approximate surface area is 318 Å². The average molecular weight is 864 g/mol. The van der Waals surface area contributed by atoms with Crippen LogP contribution in [0.25, 0.3) is 65.8 Å². The van der Waals surface area contributed by atoms with E-state index in [0.717, 1.165) is 55.0 Å². The standard InChI is InChI=1S/C33H31N2OS.C12H10N.Ir/c1-18(2)23-14-26(34-17-25(23)30-19(3)10-8-11-20(30)4)22-13-9-12-21-24-15-29-27(16-28(24)36-31(21)22)35-32(37-29)33(5,6)7;1-10-7-8-12(13-9-10)11-5-3-2-4-6-11;/h8-12,14-18H,1-7H3;2-5,7-9H,1H3;/q2*-1;. The topological polar surface area (TPSA) is 51.8 Å². The van der Waals surface area contributed by atoms with Crippen LogP contribution in [0.2, 0.25) is 0 Å². The number of fused-ring (bicyclic) bond motifs is 4. The Morgan fingerprint density at radius 1 is 0.765 bits per heavy atom. The number of rotatable bonds is 4. The molecule has 1 radical (unpaired) electrons. The summed E-state index contributed by atoms with van der Waals surface area (Å²) < 4.78 is 7.68. The molecule has 0 N–H and O–H groups in total. The molecule has 4 aromatic heterocycles. The molecule has 0 fully saturated rings. The molecule has 0 amide bonds. The second kappa shape index (κ2) is 14.6. The third kappa shape index (κ3) is 7.32. The van der Waals surface area contributed by atoms with Crippen LogP contribution in [-0.4, -0.2) is 15.0 Å². The van der Waals surface area contributed by atoms with E-state index in [2.05, 4.69) is 114 Å². The first-order valence-corrected chi connectivity index (χ1v) is 17.9. The number of benzene rings is 4. The molecule has 0 spiro atoms. The second-order valence-electron chi connectivity index (χ2n) is 14.4. The Morgan fingerprint density at radius 2 is 1.53 bits per heavy atom. The molecule has 0 atom stereocenters. The van der Waals surface area contributed by atoms with E-state index in [9.17, 15) is 0 Å². The Morgan fingerprint density at radius 3 is 2.20 bits per heavy atom. The van der Waals surface area contributed by atoms with Crippen LogP contribution in [0.5, 0.6) is 0 Å². The molecule has 0 aliphatic heterocycles. The summed E-state index contributed by atoms with van der Waals surface area (Å²) in [5.41, 5.74) is 14.0. The van der Waals surface area contributed by atoms with Gasteiger partial charge in [0, 0.05) is 54.9 Å². The maximum Gasteiger partial charge on any atom is 0.123 e. The minimum absolute atomic E-state index is 0. The van der Waals surface area contributed by atoms with Gasteiger partial charge in [-0.15, -0.1) is 65.4 Å². The zero-order valence-corrected chi connectivity index (χ0v) is 33.5. The van der Waals surface area contributed by atoms with Gasteiger partial charge < -0.3 is 14.4 Å². The summed E-state index contributed by atoms with van der Waals surface area (Å²) in [6.45, 7) is 17.5. The number of aromatic nitrogens is 3. The number of nitrogens with zero attached hydrogens (tertiary/aromatic N) is 3. The molecule has 4 aromatic carbocycles. The van der Waals surface area contributed by atoms with Crippen molar-refractivity contribution in [1.29, 1.82) is 0 Å². The molecule has 8 aromatic rings. The normalized spacial score (nSPS) is 11.5. The molecule has 0 unspecified atom stereocenters. The SMILES string of the molecule is Cc1ccc(-c2[c-]cccc2)nc1.Cc1cccc(C)c1-c1cnc(-c2[c-]ccc3c2oc2cc4nc(C(C)(C)C)sc4cc23)cc1C(C)C.[Ir]. The van der Waals surface area contributed by atoms with Crippen LogP contribution in [0.4, 0.5) is 0 Å². The molecule has 51 heavy (non-hydrogen) atoms. The number of aryl methyl sites for hydroxylation is 3. The molecule has 0 saturated heterocycles. The van der Waals surface area contributed by atoms with E-state index in [-0.39, 0.29) is 25.5 Å². The minimum atomic E-state index is 0. The quantitative estimate of drug-likeness (QED) is 0.165. The fourth-order valence-electron chi connectivity index (χ4n) is 6.39. The van der Waals surface area contributed by atoms with Crippen molar-refractivity contribution in [2.45, 2.75) is 66.7 Å². The predicted octanol–water partition coefficient (Wildman–Crippen LogP) is 12.6. The van der Waals surface area contributed by atoms with Crippen molar-refractivity contribution in [3.05, 3.63) is 137 Å². The number of pyridine rings is 2. The largest absolute Gasteiger partial charge is 0.501 e. The summed E-state index contributed by atoms with van der Waals surface area (Å²) in [5, 5.41) is 3.34. The summed E-state index contributed by atoms with van der Waals surface area (Å²) in [4.78, 5) is 14.2. The fourth-order valence-corrected chi connectivity index (χ4v) is 7.43. The van der Waals surface area contributed by atoms with Gasteiger partial charge in [0.1, 0.15) is 5.58 Å². The maximum absolute atomic E-state index is 6.49. The number of thiazole rings is 1. The van der Waals surface area contributed by atoms with Gasteiger partial charge in [0.05, 0.1) is 20.8 Å². The molecule has 0 aliphatic carbocycles. The van der Waals surface area contributed by atoms with E-state index < -0.39 is 0 Å². The first kappa shape index (κ1) is 36.3. The van der Waals surface area contributed by atoms with Gasteiger partial charge in [-0.05, 0) is 72.0 Å². The first-order valence-electron chi connectivity index (χ1n) is 17.1. The predicted molar refractivity (Wildman–Crippen MR) is 210 cm³/mol. The smallest absolute Gasteiger partial charge is 0.123 e. The summed E-state index contributed by atoms with van der Waals surface area (Å²) in [6, 6.07) is 35.6. The third-order valence-electron chi connectivity index (χ3n) is 9.04. The average Bonchev–Trinajstić information content (AvgIpc) is 3.69. The molecule has 4 nitrogen and oxygen atoms in total. The number of hydrogen-bond donors (Lipinski definition) is 0. The summed E-state index contributed by atoms with van der Waals surface area (Å²) in [6.07, 6.45) is 3.90. The van der Waals surface area contributed by atoms with Gasteiger partial charge in [-0.25, -0.2) is 4.98 Å². The molecule has 0 saturated carbocycles. The van der Waals surface area contributed by atoms with Crippen LogP contribution < -0.4 is 0 Å². The van der Waals surface area contributed by atoms with Crippen molar-refractivity contribution in [3.63, 3.8) is 0 Å². The molecular formula is C45H41IrN3OS-2. The van der Waals surface area contributed by atoms with Gasteiger partial charge in [-0.2, -0.15) is 0 Å². The summed E-state index contributed by atoms with van der Waals surface area (Å²) in [7, 11) is 0. The fraction of sp³-hybridized carbons (Fsp3) is 0.222. The van der Waals surface area contributed by atoms with Crippen molar-refractivity contribution >= 4 is 43.5 Å². The Hall–Kier alpha value is -4.48. The van der Waals surface area contributed by atoms with E-state index in [4.69, 9.17) is 14.4 Å². The van der Waals surface area contributed by atoms with Crippen molar-refractivity contribution in [2.24, 2.45) is 0 Å². The van der Waals surface area contributed by atoms with Crippen LogP contribution in [0.3, 0.4) is 0 Å². The Kier molecular flexibility index (Phi) is 10.4. The molecular weight excluding hydrogens is 823 g/mol. The molecule has 4 heterocycles. The first-order chi connectivity index (χ1) is 24.0. The van der Waals surface area contributed by atoms with Gasteiger partial charge in [0.2, 0.25) is 0 Å². The molecule has 0 aliphatic rings. The van der Waals surface area contributed by atoms with Crippen LogP contribution >= 0.6 is 11.3 Å². The van der Waals surface area contributed by atoms with E-state index in [1.165, 1.54) is 38.1 Å². The van der Waals surface area contributed by atoms with Crippen molar-refractivity contribution < 1.29 is 24.5 Å². The van der Waals surface area contributed by atoms with Crippen molar-refractivity contribution in [3.8, 4) is 33.6 Å². The number of furan rings is 1. The van der Waals surface area contributed by atoms with Crippen LogP contribution in [-0.2, 0) is 25.5 Å². The van der Waals surface area contributed by atoms with Crippen molar-refractivity contribution in [1.82, 2.24) is 15.0 Å². The summed E-state index contributed by atoms with van der Waals surface area (Å²) in [5.74, 6) is 0.348. The van der Waals surface area contributed by atoms with Crippen LogP contribution in [0.15, 0.2) is 102 Å². The summed E-state index contributed by atoms with van der Waals surface area (Å²) >= 11 is 1.77. The maximum atomic E-state index is 6.49. The van der Waals surface area contributed by atoms with Crippen LogP contribution in [0.1, 0.15) is 67.8 Å². The van der Waals surface area contributed by atoms with Gasteiger partial charge >= 0.3 is 0 Å². The van der Waals surface area contributed by atoms with E-state index in [1.54, 1.807) is 11.3 Å². The second-order valence-corrected chi connectivity index (χ2v) is 15.4. The van der Waals surface area contributed by atoms with E-state index in [0.29, 0.717) is 5.92 Å². The van der Waals surface area contributed by atoms with E-state index in [1.807, 2.05) is 55.7 Å². The molecule has 8 rings (SSSR count). The Balaban J connectivity index is 0.000000269. The van der Waals surface area contributed by atoms with Crippen LogP contribution in [0, 0.1) is 32.9 Å². The molecule has 259 valence electrons. The molecule has 0 bridgehead atoms. The molecule has 6 heteroatoms. The zero-order valence-electron chi connectivity index (χ0n) is 30.3. The monoisotopic (exact) mass is 864 g/mol. The minimum Gasteiger partial charge on any atom is -0.501 e. The van der Waals surface area contributed by atoms with Gasteiger partial charge in [0.15, 0.2) is 0 Å². The van der Waals surface area contributed by atoms with Crippen molar-refractivity contribution in [2.75, 3.05) is 0 Å². The van der Waals surface area contributed by atoms with Gasteiger partial charge in [-0.1, -0.05) is 82.0 Å². The van der Waals surface area contributed by atoms with E-state index >= 15 is 0 Å². The van der Waals surface area contributed by atoms with Gasteiger partial charge in [-0.3, -0.25) is 0 Å². The zero-order chi connectivity index (χ0) is 35.2. The third-order valence-corrected chi connectivity index (χ3v) is 10.5.